The fourth-order valence-corrected chi connectivity index (χ4v) is 1.03. The van der Waals surface area contributed by atoms with E-state index in [9.17, 15) is 4.91 Å². The number of hydrogen-bond acceptors (Lipinski definition) is 3. The van der Waals surface area contributed by atoms with E-state index in [0.717, 1.165) is 12.8 Å². The molecule has 68 valence electrons. The standard InChI is InChI=1S/C10H11NO2/c12-11-13-9-5-4-8-10-6-2-1-3-7-10/h1-3,5-7,9H,4,8H2/b9-5+. The Morgan fingerprint density at radius 3 is 2.77 bits per heavy atom. The summed E-state index contributed by atoms with van der Waals surface area (Å²) in [4.78, 5) is 13.7. The summed E-state index contributed by atoms with van der Waals surface area (Å²) in [6.07, 6.45) is 4.86. The Kier molecular flexibility index (Phi) is 4.32. The number of rotatable bonds is 5. The van der Waals surface area contributed by atoms with Crippen LogP contribution in [0.25, 0.3) is 0 Å². The molecule has 0 fully saturated rings. The zero-order chi connectivity index (χ0) is 9.36. The third-order valence-electron chi connectivity index (χ3n) is 1.64. The van der Waals surface area contributed by atoms with E-state index in [1.54, 1.807) is 6.08 Å². The zero-order valence-corrected chi connectivity index (χ0v) is 7.22. The van der Waals surface area contributed by atoms with E-state index < -0.39 is 0 Å². The first-order valence-electron chi connectivity index (χ1n) is 4.11. The molecule has 0 atom stereocenters. The van der Waals surface area contributed by atoms with Gasteiger partial charge in [-0.25, -0.2) is 0 Å². The third kappa shape index (κ3) is 4.06. The molecule has 0 aliphatic carbocycles. The van der Waals surface area contributed by atoms with Gasteiger partial charge in [0.15, 0.2) is 5.34 Å². The maximum Gasteiger partial charge on any atom is 0.160 e. The monoisotopic (exact) mass is 177 g/mol. The maximum atomic E-state index is 9.51. The van der Waals surface area contributed by atoms with Crippen LogP contribution in [0, 0.1) is 4.91 Å². The average Bonchev–Trinajstić information content (AvgIpc) is 2.19. The first-order chi connectivity index (χ1) is 6.43. The molecule has 1 aromatic rings. The van der Waals surface area contributed by atoms with Gasteiger partial charge < -0.3 is 4.84 Å². The Bertz CT molecular complexity index is 270. The molecule has 0 radical (unpaired) electrons. The number of hydrogen-bond donors (Lipinski definition) is 0. The highest BCUT2D eigenvalue weighted by atomic mass is 16.7. The van der Waals surface area contributed by atoms with Crippen LogP contribution in [-0.2, 0) is 11.3 Å². The highest BCUT2D eigenvalue weighted by Crippen LogP contribution is 2.02. The predicted molar refractivity (Wildman–Crippen MR) is 50.8 cm³/mol. The van der Waals surface area contributed by atoms with E-state index in [4.69, 9.17) is 0 Å². The second-order valence-electron chi connectivity index (χ2n) is 2.58. The van der Waals surface area contributed by atoms with E-state index in [0.29, 0.717) is 0 Å². The van der Waals surface area contributed by atoms with Crippen molar-refractivity contribution in [3.8, 4) is 0 Å². The van der Waals surface area contributed by atoms with E-state index in [-0.39, 0.29) is 0 Å². The van der Waals surface area contributed by atoms with E-state index in [1.807, 2.05) is 18.2 Å². The Morgan fingerprint density at radius 2 is 2.08 bits per heavy atom. The van der Waals surface area contributed by atoms with Gasteiger partial charge in [-0.3, -0.25) is 0 Å². The Morgan fingerprint density at radius 1 is 1.31 bits per heavy atom. The van der Waals surface area contributed by atoms with Crippen LogP contribution in [0.4, 0.5) is 0 Å². The van der Waals surface area contributed by atoms with Gasteiger partial charge in [-0.1, -0.05) is 30.3 Å². The summed E-state index contributed by atoms with van der Waals surface area (Å²) in [6, 6.07) is 10.1. The third-order valence-corrected chi connectivity index (χ3v) is 1.64. The quantitative estimate of drug-likeness (QED) is 0.394. The lowest BCUT2D eigenvalue weighted by Crippen LogP contribution is -1.81. The van der Waals surface area contributed by atoms with E-state index in [1.165, 1.54) is 11.8 Å². The van der Waals surface area contributed by atoms with E-state index >= 15 is 0 Å². The molecule has 0 saturated carbocycles. The lowest BCUT2D eigenvalue weighted by Gasteiger charge is -1.95. The van der Waals surface area contributed by atoms with Gasteiger partial charge in [0.25, 0.3) is 0 Å². The minimum Gasteiger partial charge on any atom is -0.332 e. The van der Waals surface area contributed by atoms with Gasteiger partial charge in [-0.15, -0.1) is 4.91 Å². The molecule has 1 rings (SSSR count). The van der Waals surface area contributed by atoms with Gasteiger partial charge in [0.1, 0.15) is 6.26 Å². The molecule has 1 aromatic carbocycles. The molecule has 0 N–H and O–H groups in total. The van der Waals surface area contributed by atoms with Crippen LogP contribution in [0.1, 0.15) is 12.0 Å². The van der Waals surface area contributed by atoms with Crippen LogP contribution >= 0.6 is 0 Å². The van der Waals surface area contributed by atoms with Crippen LogP contribution in [0.5, 0.6) is 0 Å². The maximum absolute atomic E-state index is 9.51. The first-order valence-corrected chi connectivity index (χ1v) is 4.11. The second-order valence-corrected chi connectivity index (χ2v) is 2.58. The topological polar surface area (TPSA) is 38.7 Å². The van der Waals surface area contributed by atoms with Gasteiger partial charge in [0, 0.05) is 0 Å². The fourth-order valence-electron chi connectivity index (χ4n) is 1.03. The van der Waals surface area contributed by atoms with Crippen LogP contribution < -0.4 is 0 Å². The van der Waals surface area contributed by atoms with Crippen molar-refractivity contribution in [1.29, 1.82) is 0 Å². The van der Waals surface area contributed by atoms with Crippen molar-refractivity contribution in [2.45, 2.75) is 12.8 Å². The number of allylic oxidation sites excluding steroid dienone is 1. The molecule has 0 bridgehead atoms. The number of aryl methyl sites for hydroxylation is 1. The smallest absolute Gasteiger partial charge is 0.160 e. The number of benzene rings is 1. The van der Waals surface area contributed by atoms with Gasteiger partial charge in [0.2, 0.25) is 0 Å². The molecule has 0 unspecified atom stereocenters. The minimum atomic E-state index is 0.847. The van der Waals surface area contributed by atoms with Gasteiger partial charge >= 0.3 is 0 Å². The summed E-state index contributed by atoms with van der Waals surface area (Å²) in [5.74, 6) is 0. The molecule has 0 aromatic heterocycles. The lowest BCUT2D eigenvalue weighted by molar-refractivity contribution is 0.261. The molecule has 3 heteroatoms. The van der Waals surface area contributed by atoms with Crippen molar-refractivity contribution in [2.24, 2.45) is 5.34 Å². The predicted octanol–water partition coefficient (Wildman–Crippen LogP) is 2.83. The van der Waals surface area contributed by atoms with Crippen molar-refractivity contribution >= 4 is 0 Å². The van der Waals surface area contributed by atoms with Crippen LogP contribution in [0.2, 0.25) is 0 Å². The molecule has 0 amide bonds. The zero-order valence-electron chi connectivity index (χ0n) is 7.22. The summed E-state index contributed by atoms with van der Waals surface area (Å²) in [6.45, 7) is 0. The molecule has 3 nitrogen and oxygen atoms in total. The van der Waals surface area contributed by atoms with E-state index in [2.05, 4.69) is 22.3 Å². The first kappa shape index (κ1) is 9.45. The Hall–Kier alpha value is -1.64. The van der Waals surface area contributed by atoms with Gasteiger partial charge in [-0.05, 0) is 24.5 Å². The molecule has 13 heavy (non-hydrogen) atoms. The normalized spacial score (nSPS) is 10.2. The van der Waals surface area contributed by atoms with Crippen molar-refractivity contribution in [3.63, 3.8) is 0 Å². The molecule has 0 saturated heterocycles. The molecular formula is C10H11NO2. The van der Waals surface area contributed by atoms with Crippen LogP contribution in [0.3, 0.4) is 0 Å². The summed E-state index contributed by atoms with van der Waals surface area (Å²) >= 11 is 0. The summed E-state index contributed by atoms with van der Waals surface area (Å²) in [5.41, 5.74) is 1.27. The fraction of sp³-hybridized carbons (Fsp3) is 0.200. The van der Waals surface area contributed by atoms with Crippen molar-refractivity contribution in [3.05, 3.63) is 53.1 Å². The largest absolute Gasteiger partial charge is 0.332 e. The average molecular weight is 177 g/mol. The summed E-state index contributed by atoms with van der Waals surface area (Å²) < 4.78 is 0. The van der Waals surface area contributed by atoms with Gasteiger partial charge in [-0.2, -0.15) is 0 Å². The lowest BCUT2D eigenvalue weighted by atomic mass is 10.1. The molecular weight excluding hydrogens is 166 g/mol. The van der Waals surface area contributed by atoms with Crippen molar-refractivity contribution in [1.82, 2.24) is 0 Å². The molecule has 0 aliphatic heterocycles. The van der Waals surface area contributed by atoms with Crippen LogP contribution in [-0.4, -0.2) is 0 Å². The molecule has 0 heterocycles. The van der Waals surface area contributed by atoms with Crippen LogP contribution in [0.15, 0.2) is 48.0 Å². The van der Waals surface area contributed by atoms with Gasteiger partial charge in [0.05, 0.1) is 0 Å². The summed E-state index contributed by atoms with van der Waals surface area (Å²) in [7, 11) is 0. The Balaban J connectivity index is 2.24. The minimum absolute atomic E-state index is 0.847. The van der Waals surface area contributed by atoms with Crippen molar-refractivity contribution in [2.75, 3.05) is 0 Å². The SMILES string of the molecule is O=NO/C=C/CCc1ccccc1. The van der Waals surface area contributed by atoms with Crippen molar-refractivity contribution < 1.29 is 4.84 Å². The molecule has 0 spiro atoms. The summed E-state index contributed by atoms with van der Waals surface area (Å²) in [5, 5.41) is 2.24. The number of nitrogens with zero attached hydrogens (tertiary/aromatic N) is 1. The molecule has 0 aliphatic rings. The highest BCUT2D eigenvalue weighted by Gasteiger charge is 1.87. The second kappa shape index (κ2) is 5.94. The highest BCUT2D eigenvalue weighted by molar-refractivity contribution is 5.15. The Labute approximate surface area is 77.0 Å².